The Hall–Kier alpha value is -1.43. The highest BCUT2D eigenvalue weighted by molar-refractivity contribution is 7.58. The summed E-state index contributed by atoms with van der Waals surface area (Å²) in [5.41, 5.74) is 0.984. The van der Waals surface area contributed by atoms with Crippen molar-refractivity contribution in [3.63, 3.8) is 0 Å². The van der Waals surface area contributed by atoms with Crippen molar-refractivity contribution in [3.05, 3.63) is 34.4 Å². The van der Waals surface area contributed by atoms with Gasteiger partial charge in [-0.15, -0.1) is 0 Å². The van der Waals surface area contributed by atoms with E-state index in [1.165, 1.54) is 12.1 Å². The van der Waals surface area contributed by atoms with Crippen LogP contribution in [0.2, 0.25) is 0 Å². The molecule has 1 aromatic rings. The monoisotopic (exact) mass is 411 g/mol. The Morgan fingerprint density at radius 2 is 1.61 bits per heavy atom. The number of hydrogen-bond acceptors (Lipinski definition) is 5. The van der Waals surface area contributed by atoms with Gasteiger partial charge in [0.1, 0.15) is 0 Å². The minimum absolute atomic E-state index is 0.0555. The molecule has 1 aliphatic rings. The van der Waals surface area contributed by atoms with Crippen LogP contribution < -0.4 is 4.90 Å². The van der Waals surface area contributed by atoms with Crippen molar-refractivity contribution in [3.8, 4) is 0 Å². The highest BCUT2D eigenvalue weighted by Crippen LogP contribution is 2.63. The third kappa shape index (κ3) is 5.13. The molecule has 2 rings (SSSR count). The molecule has 0 saturated carbocycles. The second kappa shape index (κ2) is 8.52. The van der Waals surface area contributed by atoms with Crippen molar-refractivity contribution in [1.82, 2.24) is 4.67 Å². The Morgan fingerprint density at radius 1 is 1.07 bits per heavy atom. The van der Waals surface area contributed by atoms with Gasteiger partial charge in [0.05, 0.1) is 16.7 Å². The van der Waals surface area contributed by atoms with E-state index < -0.39 is 17.6 Å². The van der Waals surface area contributed by atoms with E-state index in [-0.39, 0.29) is 11.1 Å². The quantitative estimate of drug-likeness (QED) is 0.350. The summed E-state index contributed by atoms with van der Waals surface area (Å²) in [6, 6.07) is 6.61. The first-order valence-corrected chi connectivity index (χ1v) is 11.5. The normalized spacial score (nSPS) is 18.7. The van der Waals surface area contributed by atoms with Crippen LogP contribution in [0.15, 0.2) is 24.3 Å². The minimum atomic E-state index is -3.02. The minimum Gasteiger partial charge on any atom is -0.369 e. The summed E-state index contributed by atoms with van der Waals surface area (Å²) >= 11 is 0. The Bertz CT molecular complexity index is 720. The number of benzene rings is 1. The van der Waals surface area contributed by atoms with Gasteiger partial charge in [-0.3, -0.25) is 14.7 Å². The summed E-state index contributed by atoms with van der Waals surface area (Å²) in [7, 11) is -3.02. The standard InChI is InChI=1S/C20H34N3O4P/c1-7-20(5,6)28(26,27-16-19(2,3)4)22-14-12-21(13-15-22)17-8-10-18(11-9-17)23(24)25/h8-11H,7,12-16H2,1-6H3. The average molecular weight is 411 g/mol. The van der Waals surface area contributed by atoms with Gasteiger partial charge in [0.25, 0.3) is 13.2 Å². The van der Waals surface area contributed by atoms with Crippen LogP contribution in [0.1, 0.15) is 48.0 Å². The van der Waals surface area contributed by atoms with Crippen LogP contribution in [0.25, 0.3) is 0 Å². The zero-order valence-electron chi connectivity index (χ0n) is 18.0. The Balaban J connectivity index is 2.12. The predicted molar refractivity (Wildman–Crippen MR) is 114 cm³/mol. The summed E-state index contributed by atoms with van der Waals surface area (Å²) in [6.45, 7) is 15.5. The van der Waals surface area contributed by atoms with Crippen LogP contribution in [-0.4, -0.2) is 47.5 Å². The topological polar surface area (TPSA) is 75.9 Å². The number of nitrogens with zero attached hydrogens (tertiary/aromatic N) is 3. The number of non-ortho nitro benzene ring substituents is 1. The molecule has 28 heavy (non-hydrogen) atoms. The van der Waals surface area contributed by atoms with Gasteiger partial charge in [0.2, 0.25) is 0 Å². The van der Waals surface area contributed by atoms with Gasteiger partial charge >= 0.3 is 0 Å². The van der Waals surface area contributed by atoms with Gasteiger partial charge in [0.15, 0.2) is 0 Å². The van der Waals surface area contributed by atoms with Crippen molar-refractivity contribution in [2.24, 2.45) is 5.41 Å². The molecule has 1 fully saturated rings. The molecule has 158 valence electrons. The van der Waals surface area contributed by atoms with Gasteiger partial charge in [-0.2, -0.15) is 0 Å². The molecule has 7 nitrogen and oxygen atoms in total. The molecule has 0 aromatic heterocycles. The Labute approximate surface area is 168 Å². The molecular formula is C20H34N3O4P. The fourth-order valence-corrected chi connectivity index (χ4v) is 6.07. The van der Waals surface area contributed by atoms with E-state index in [1.807, 2.05) is 18.5 Å². The van der Waals surface area contributed by atoms with Crippen LogP contribution in [0.3, 0.4) is 0 Å². The molecule has 0 radical (unpaired) electrons. The first-order valence-electron chi connectivity index (χ1n) is 9.89. The second-order valence-corrected chi connectivity index (χ2v) is 12.3. The fraction of sp³-hybridized carbons (Fsp3) is 0.700. The number of anilines is 1. The maximum atomic E-state index is 14.0. The zero-order valence-corrected chi connectivity index (χ0v) is 18.9. The van der Waals surface area contributed by atoms with Crippen molar-refractivity contribution in [2.75, 3.05) is 37.7 Å². The fourth-order valence-electron chi connectivity index (χ4n) is 3.12. The lowest BCUT2D eigenvalue weighted by molar-refractivity contribution is -0.384. The SMILES string of the molecule is CCC(C)(C)P(=O)(OCC(C)(C)C)N1CCN(c2ccc([N+](=O)[O-])cc2)CC1. The maximum Gasteiger partial charge on any atom is 0.277 e. The summed E-state index contributed by atoms with van der Waals surface area (Å²) in [5.74, 6) is 0. The largest absolute Gasteiger partial charge is 0.369 e. The van der Waals surface area contributed by atoms with E-state index in [1.54, 1.807) is 12.1 Å². The molecular weight excluding hydrogens is 377 g/mol. The first-order chi connectivity index (χ1) is 12.9. The molecule has 0 amide bonds. The molecule has 8 heteroatoms. The molecule has 0 aliphatic carbocycles. The van der Waals surface area contributed by atoms with Crippen LogP contribution >= 0.6 is 7.52 Å². The summed E-state index contributed by atoms with van der Waals surface area (Å²) in [4.78, 5) is 12.6. The third-order valence-electron chi connectivity index (χ3n) is 5.36. The zero-order chi connectivity index (χ0) is 21.2. The lowest BCUT2D eigenvalue weighted by Gasteiger charge is -2.45. The third-order valence-corrected chi connectivity index (χ3v) is 8.83. The second-order valence-electron chi connectivity index (χ2n) is 9.23. The van der Waals surface area contributed by atoms with E-state index >= 15 is 0 Å². The molecule has 1 unspecified atom stereocenters. The molecule has 1 heterocycles. The molecule has 1 saturated heterocycles. The van der Waals surface area contributed by atoms with Crippen molar-refractivity contribution in [1.29, 1.82) is 0 Å². The van der Waals surface area contributed by atoms with Crippen molar-refractivity contribution >= 4 is 18.9 Å². The smallest absolute Gasteiger partial charge is 0.277 e. The van der Waals surface area contributed by atoms with Crippen LogP contribution in [0, 0.1) is 15.5 Å². The summed E-state index contributed by atoms with van der Waals surface area (Å²) in [5, 5.41) is 10.4. The van der Waals surface area contributed by atoms with Gasteiger partial charge < -0.3 is 9.42 Å². The van der Waals surface area contributed by atoms with Crippen LogP contribution in [0.5, 0.6) is 0 Å². The van der Waals surface area contributed by atoms with E-state index in [9.17, 15) is 14.7 Å². The number of rotatable bonds is 7. The van der Waals surface area contributed by atoms with Gasteiger partial charge in [-0.25, -0.2) is 4.67 Å². The lowest BCUT2D eigenvalue weighted by atomic mass is 9.99. The summed E-state index contributed by atoms with van der Waals surface area (Å²) in [6.07, 6.45) is 0.775. The first kappa shape index (κ1) is 22.9. The molecule has 0 spiro atoms. The van der Waals surface area contributed by atoms with Crippen molar-refractivity contribution < 1.29 is 14.0 Å². The van der Waals surface area contributed by atoms with Crippen LogP contribution in [-0.2, 0) is 9.09 Å². The number of piperazine rings is 1. The van der Waals surface area contributed by atoms with Crippen LogP contribution in [0.4, 0.5) is 11.4 Å². The van der Waals surface area contributed by atoms with Gasteiger partial charge in [-0.1, -0.05) is 27.7 Å². The van der Waals surface area contributed by atoms with E-state index in [4.69, 9.17) is 4.52 Å². The average Bonchev–Trinajstić information content (AvgIpc) is 2.65. The molecule has 1 atom stereocenters. The van der Waals surface area contributed by atoms with Gasteiger partial charge in [-0.05, 0) is 37.8 Å². The summed E-state index contributed by atoms with van der Waals surface area (Å²) < 4.78 is 22.2. The van der Waals surface area contributed by atoms with E-state index in [2.05, 4.69) is 32.6 Å². The maximum absolute atomic E-state index is 14.0. The predicted octanol–water partition coefficient (Wildman–Crippen LogP) is 5.16. The van der Waals surface area contributed by atoms with E-state index in [0.29, 0.717) is 32.8 Å². The number of hydrogen-bond donors (Lipinski definition) is 0. The highest BCUT2D eigenvalue weighted by atomic mass is 31.2. The Kier molecular flexibility index (Phi) is 6.95. The molecule has 0 N–H and O–H groups in total. The van der Waals surface area contributed by atoms with Gasteiger partial charge in [0, 0.05) is 44.0 Å². The van der Waals surface area contributed by atoms with Crippen molar-refractivity contribution in [2.45, 2.75) is 53.1 Å². The number of nitro groups is 1. The number of nitro benzene ring substituents is 1. The molecule has 1 aliphatic heterocycles. The highest BCUT2D eigenvalue weighted by Gasteiger charge is 2.47. The molecule has 1 aromatic carbocycles. The Morgan fingerprint density at radius 3 is 2.04 bits per heavy atom. The van der Waals surface area contributed by atoms with E-state index in [0.717, 1.165) is 12.1 Å². The lowest BCUT2D eigenvalue weighted by Crippen LogP contribution is -2.48. The molecule has 0 bridgehead atoms.